The number of hydrogen-bond donors (Lipinski definition) is 0. The number of carbonyl (C=O) groups is 1. The molecule has 2 aromatic carbocycles. The average molecular weight is 376 g/mol. The third-order valence-corrected chi connectivity index (χ3v) is 4.62. The molecule has 0 N–H and O–H groups in total. The zero-order valence-corrected chi connectivity index (χ0v) is 15.7. The number of aromatic nitrogens is 2. The fourth-order valence-corrected chi connectivity index (χ4v) is 2.99. The van der Waals surface area contributed by atoms with Crippen molar-refractivity contribution in [2.75, 3.05) is 13.7 Å². The van der Waals surface area contributed by atoms with Crippen LogP contribution in [-0.4, -0.2) is 29.1 Å². The maximum Gasteiger partial charge on any atom is 0.196 e. The lowest BCUT2D eigenvalue weighted by Crippen LogP contribution is -2.19. The number of benzene rings is 2. The Kier molecular flexibility index (Phi) is 4.85. The van der Waals surface area contributed by atoms with Crippen molar-refractivity contribution >= 4 is 11.9 Å². The van der Waals surface area contributed by atoms with Gasteiger partial charge < -0.3 is 18.8 Å². The molecule has 0 amide bonds. The van der Waals surface area contributed by atoms with Crippen LogP contribution in [0, 0.1) is 0 Å². The predicted molar refractivity (Wildman–Crippen MR) is 105 cm³/mol. The largest absolute Gasteiger partial charge is 0.497 e. The molecule has 4 rings (SSSR count). The van der Waals surface area contributed by atoms with Gasteiger partial charge in [0.25, 0.3) is 0 Å². The van der Waals surface area contributed by atoms with Crippen molar-refractivity contribution in [2.24, 2.45) is 7.05 Å². The number of fused-ring (bicyclic) bond motifs is 1. The number of carbonyl (C=O) groups excluding carboxylic acids is 1. The minimum absolute atomic E-state index is 0.0461. The third kappa shape index (κ3) is 3.62. The van der Waals surface area contributed by atoms with Crippen LogP contribution in [-0.2, 0) is 13.7 Å². The van der Waals surface area contributed by atoms with Crippen LogP contribution in [0.1, 0.15) is 21.7 Å². The molecule has 6 heteroatoms. The molecule has 0 saturated carbocycles. The molecule has 3 aromatic rings. The Morgan fingerprint density at radius 1 is 1.18 bits per heavy atom. The van der Waals surface area contributed by atoms with Crippen LogP contribution in [0.5, 0.6) is 17.2 Å². The van der Waals surface area contributed by atoms with E-state index in [9.17, 15) is 4.79 Å². The third-order valence-electron chi connectivity index (χ3n) is 4.62. The summed E-state index contributed by atoms with van der Waals surface area (Å²) in [5.74, 6) is 2.76. The van der Waals surface area contributed by atoms with Gasteiger partial charge in [-0.25, -0.2) is 4.98 Å². The minimum atomic E-state index is -0.0461. The molecule has 1 aromatic heterocycles. The molecule has 0 atom stereocenters. The number of hydrogen-bond acceptors (Lipinski definition) is 5. The van der Waals surface area contributed by atoms with Crippen molar-refractivity contribution < 1.29 is 19.0 Å². The highest BCUT2D eigenvalue weighted by Crippen LogP contribution is 2.31. The Morgan fingerprint density at radius 2 is 1.96 bits per heavy atom. The quantitative estimate of drug-likeness (QED) is 0.636. The number of Topliss-reactive ketones (excluding diaryl/α,β-unsaturated/α-hetero) is 1. The van der Waals surface area contributed by atoms with E-state index in [4.69, 9.17) is 14.2 Å². The van der Waals surface area contributed by atoms with Crippen LogP contribution >= 0.6 is 0 Å². The molecule has 0 bridgehead atoms. The minimum Gasteiger partial charge on any atom is -0.497 e. The number of nitrogens with zero attached hydrogens (tertiary/aromatic N) is 2. The Morgan fingerprint density at radius 3 is 2.68 bits per heavy atom. The number of ketones is 1. The topological polar surface area (TPSA) is 62.6 Å². The molecule has 0 unspecified atom stereocenters. The molecule has 28 heavy (non-hydrogen) atoms. The molecule has 142 valence electrons. The predicted octanol–water partition coefficient (Wildman–Crippen LogP) is 3.67. The van der Waals surface area contributed by atoms with Crippen molar-refractivity contribution in [3.8, 4) is 17.2 Å². The highest BCUT2D eigenvalue weighted by atomic mass is 16.5. The smallest absolute Gasteiger partial charge is 0.196 e. The fourth-order valence-electron chi connectivity index (χ4n) is 2.99. The molecular weight excluding hydrogens is 356 g/mol. The molecule has 6 nitrogen and oxygen atoms in total. The lowest BCUT2D eigenvalue weighted by molar-refractivity contribution is 0.100. The molecular formula is C22H20N2O4. The van der Waals surface area contributed by atoms with E-state index in [1.54, 1.807) is 31.5 Å². The van der Waals surface area contributed by atoms with Gasteiger partial charge in [-0.2, -0.15) is 0 Å². The van der Waals surface area contributed by atoms with Crippen molar-refractivity contribution in [2.45, 2.75) is 6.61 Å². The van der Waals surface area contributed by atoms with Gasteiger partial charge >= 0.3 is 0 Å². The number of ether oxygens (including phenoxy) is 3. The number of aryl methyl sites for hydroxylation is 1. The summed E-state index contributed by atoms with van der Waals surface area (Å²) in [6.45, 7) is 0.643. The second-order valence-electron chi connectivity index (χ2n) is 6.46. The lowest BCUT2D eigenvalue weighted by Gasteiger charge is -2.19. The zero-order chi connectivity index (χ0) is 19.5. The van der Waals surface area contributed by atoms with Crippen molar-refractivity contribution in [3.63, 3.8) is 0 Å². The van der Waals surface area contributed by atoms with Gasteiger partial charge in [-0.15, -0.1) is 0 Å². The lowest BCUT2D eigenvalue weighted by atomic mass is 9.98. The highest BCUT2D eigenvalue weighted by molar-refractivity contribution is 6.14. The maximum absolute atomic E-state index is 12.8. The summed E-state index contributed by atoms with van der Waals surface area (Å²) in [6.07, 6.45) is 5.46. The second-order valence-corrected chi connectivity index (χ2v) is 6.46. The first-order valence-corrected chi connectivity index (χ1v) is 8.89. The molecule has 1 aliphatic heterocycles. The summed E-state index contributed by atoms with van der Waals surface area (Å²) in [5, 5.41) is 0. The standard InChI is InChI=1S/C22H20N2O4/c1-24-10-9-23-21(24)14-27-17-5-3-15(4-6-17)11-16-13-28-20-8-7-18(26-2)12-19(20)22(16)25/h3-12H,13-14H2,1-2H3/b16-11+. The summed E-state index contributed by atoms with van der Waals surface area (Å²) >= 11 is 0. The van der Waals surface area contributed by atoms with Gasteiger partial charge in [0.1, 0.15) is 36.3 Å². The molecule has 0 radical (unpaired) electrons. The Hall–Kier alpha value is -3.54. The monoisotopic (exact) mass is 376 g/mol. The molecule has 0 saturated heterocycles. The van der Waals surface area contributed by atoms with E-state index in [1.807, 2.05) is 48.2 Å². The second kappa shape index (κ2) is 7.60. The van der Waals surface area contributed by atoms with Crippen LogP contribution in [0.2, 0.25) is 0 Å². The molecule has 0 spiro atoms. The van der Waals surface area contributed by atoms with Gasteiger partial charge in [-0.3, -0.25) is 4.79 Å². The van der Waals surface area contributed by atoms with Crippen LogP contribution in [0.15, 0.2) is 60.4 Å². The van der Waals surface area contributed by atoms with E-state index in [1.165, 1.54) is 0 Å². The van der Waals surface area contributed by atoms with E-state index >= 15 is 0 Å². The first kappa shape index (κ1) is 17.9. The van der Waals surface area contributed by atoms with Crippen LogP contribution < -0.4 is 14.2 Å². The SMILES string of the molecule is COc1ccc2c(c1)C(=O)/C(=C/c1ccc(OCc3nccn3C)cc1)CO2. The van der Waals surface area contributed by atoms with Gasteiger partial charge in [-0.1, -0.05) is 12.1 Å². The fraction of sp³-hybridized carbons (Fsp3) is 0.182. The average Bonchev–Trinajstić information content (AvgIpc) is 3.14. The van der Waals surface area contributed by atoms with Crippen molar-refractivity contribution in [1.29, 1.82) is 0 Å². The van der Waals surface area contributed by atoms with Crippen LogP contribution in [0.3, 0.4) is 0 Å². The van der Waals surface area contributed by atoms with Crippen molar-refractivity contribution in [3.05, 3.63) is 77.4 Å². The number of methoxy groups -OCH3 is 1. The summed E-state index contributed by atoms with van der Waals surface area (Å²) in [4.78, 5) is 17.0. The van der Waals surface area contributed by atoms with Crippen LogP contribution in [0.25, 0.3) is 6.08 Å². The van der Waals surface area contributed by atoms with E-state index < -0.39 is 0 Å². The first-order valence-electron chi connectivity index (χ1n) is 8.89. The van der Waals surface area contributed by atoms with Gasteiger partial charge in [0, 0.05) is 25.0 Å². The van der Waals surface area contributed by atoms with E-state index in [2.05, 4.69) is 4.98 Å². The maximum atomic E-state index is 12.8. The molecule has 2 heterocycles. The molecule has 0 aliphatic carbocycles. The van der Waals surface area contributed by atoms with E-state index in [0.717, 1.165) is 17.1 Å². The van der Waals surface area contributed by atoms with Crippen molar-refractivity contribution in [1.82, 2.24) is 9.55 Å². The number of imidazole rings is 1. The Bertz CT molecular complexity index is 1030. The first-order chi connectivity index (χ1) is 13.6. The summed E-state index contributed by atoms with van der Waals surface area (Å²) in [6, 6.07) is 12.8. The summed E-state index contributed by atoms with van der Waals surface area (Å²) in [7, 11) is 3.50. The highest BCUT2D eigenvalue weighted by Gasteiger charge is 2.23. The van der Waals surface area contributed by atoms with E-state index in [0.29, 0.717) is 29.2 Å². The molecule has 1 aliphatic rings. The van der Waals surface area contributed by atoms with E-state index in [-0.39, 0.29) is 12.4 Å². The van der Waals surface area contributed by atoms with Gasteiger partial charge in [0.2, 0.25) is 0 Å². The Labute approximate surface area is 163 Å². The van der Waals surface area contributed by atoms with Crippen LogP contribution in [0.4, 0.5) is 0 Å². The van der Waals surface area contributed by atoms with Gasteiger partial charge in [0.15, 0.2) is 5.78 Å². The molecule has 0 fully saturated rings. The van der Waals surface area contributed by atoms with Gasteiger partial charge in [0.05, 0.1) is 12.7 Å². The zero-order valence-electron chi connectivity index (χ0n) is 15.7. The number of rotatable bonds is 5. The normalized spacial score (nSPS) is 14.5. The summed E-state index contributed by atoms with van der Waals surface area (Å²) in [5.41, 5.74) is 2.02. The Balaban J connectivity index is 1.48. The van der Waals surface area contributed by atoms with Gasteiger partial charge in [-0.05, 0) is 42.0 Å². The summed E-state index contributed by atoms with van der Waals surface area (Å²) < 4.78 is 18.6.